The van der Waals surface area contributed by atoms with Crippen molar-refractivity contribution < 1.29 is 4.79 Å². The molecule has 0 bridgehead atoms. The molecule has 0 spiro atoms. The van der Waals surface area contributed by atoms with Crippen LogP contribution in [0.2, 0.25) is 10.0 Å². The summed E-state index contributed by atoms with van der Waals surface area (Å²) in [4.78, 5) is 13.9. The van der Waals surface area contributed by atoms with Crippen LogP contribution in [-0.4, -0.2) is 34.6 Å². The highest BCUT2D eigenvalue weighted by Crippen LogP contribution is 2.29. The Labute approximate surface area is 138 Å². The standard InChI is InChI=1S/C13H14Cl2N4OS/c14-8-4-3-5-9(15)10(8)17-18-11(12(16)21)13(20)19-6-1-2-7-19/h3-5,17H,1-2,6-7H2,(H2,16,21). The van der Waals surface area contributed by atoms with Crippen LogP contribution in [0.1, 0.15) is 12.8 Å². The Kier molecular flexibility index (Phi) is 5.39. The summed E-state index contributed by atoms with van der Waals surface area (Å²) >= 11 is 17.0. The number of hydrazone groups is 1. The molecular formula is C13H14Cl2N4OS. The molecule has 112 valence electrons. The van der Waals surface area contributed by atoms with E-state index in [4.69, 9.17) is 41.2 Å². The number of amides is 1. The average molecular weight is 345 g/mol. The number of anilines is 1. The third kappa shape index (κ3) is 3.84. The van der Waals surface area contributed by atoms with Gasteiger partial charge in [-0.15, -0.1) is 0 Å². The first-order valence-electron chi connectivity index (χ1n) is 6.37. The lowest BCUT2D eigenvalue weighted by molar-refractivity contribution is -0.122. The largest absolute Gasteiger partial charge is 0.388 e. The number of hydrogen-bond donors (Lipinski definition) is 2. The number of benzene rings is 1. The van der Waals surface area contributed by atoms with Crippen LogP contribution >= 0.6 is 35.4 Å². The smallest absolute Gasteiger partial charge is 0.277 e. The molecule has 0 radical (unpaired) electrons. The van der Waals surface area contributed by atoms with Gasteiger partial charge in [0.25, 0.3) is 5.91 Å². The van der Waals surface area contributed by atoms with Crippen molar-refractivity contribution >= 4 is 57.7 Å². The lowest BCUT2D eigenvalue weighted by Crippen LogP contribution is -2.40. The van der Waals surface area contributed by atoms with Gasteiger partial charge in [0.2, 0.25) is 0 Å². The fraction of sp³-hybridized carbons (Fsp3) is 0.308. The highest BCUT2D eigenvalue weighted by molar-refractivity contribution is 7.82. The molecule has 1 aliphatic rings. The van der Waals surface area contributed by atoms with Gasteiger partial charge in [-0.1, -0.05) is 41.5 Å². The van der Waals surface area contributed by atoms with Crippen molar-refractivity contribution in [2.24, 2.45) is 10.8 Å². The summed E-state index contributed by atoms with van der Waals surface area (Å²) in [5.74, 6) is -0.282. The van der Waals surface area contributed by atoms with Gasteiger partial charge in [0.1, 0.15) is 4.99 Å². The van der Waals surface area contributed by atoms with Crippen LogP contribution in [0.25, 0.3) is 0 Å². The van der Waals surface area contributed by atoms with Gasteiger partial charge in [-0.05, 0) is 25.0 Å². The third-order valence-electron chi connectivity index (χ3n) is 3.07. The number of thiocarbonyl (C=S) groups is 1. The molecule has 0 aliphatic carbocycles. The molecule has 1 amide bonds. The SMILES string of the molecule is NC(=S)C(=NNc1c(Cl)cccc1Cl)C(=O)N1CCCC1. The molecule has 1 saturated heterocycles. The molecule has 8 heteroatoms. The van der Waals surface area contributed by atoms with Gasteiger partial charge in [-0.3, -0.25) is 10.2 Å². The van der Waals surface area contributed by atoms with E-state index in [2.05, 4.69) is 10.5 Å². The van der Waals surface area contributed by atoms with E-state index in [0.29, 0.717) is 28.8 Å². The van der Waals surface area contributed by atoms with E-state index in [-0.39, 0.29) is 16.6 Å². The van der Waals surface area contributed by atoms with Crippen LogP contribution in [0.5, 0.6) is 0 Å². The van der Waals surface area contributed by atoms with Crippen LogP contribution in [0.4, 0.5) is 5.69 Å². The molecule has 0 aromatic heterocycles. The van der Waals surface area contributed by atoms with E-state index in [9.17, 15) is 4.79 Å². The Balaban J connectivity index is 2.22. The maximum absolute atomic E-state index is 12.3. The van der Waals surface area contributed by atoms with E-state index in [0.717, 1.165) is 12.8 Å². The zero-order valence-electron chi connectivity index (χ0n) is 11.1. The summed E-state index contributed by atoms with van der Waals surface area (Å²) in [5.41, 5.74) is 8.68. The van der Waals surface area contributed by atoms with Crippen molar-refractivity contribution in [2.45, 2.75) is 12.8 Å². The summed E-state index contributed by atoms with van der Waals surface area (Å²) in [5, 5.41) is 4.78. The minimum absolute atomic E-state index is 0.00267. The van der Waals surface area contributed by atoms with Crippen molar-refractivity contribution in [1.82, 2.24) is 4.90 Å². The topological polar surface area (TPSA) is 70.7 Å². The number of nitrogens with two attached hydrogens (primary N) is 1. The van der Waals surface area contributed by atoms with Crippen molar-refractivity contribution in [3.8, 4) is 0 Å². The van der Waals surface area contributed by atoms with Crippen molar-refractivity contribution in [2.75, 3.05) is 18.5 Å². The molecule has 1 aliphatic heterocycles. The number of rotatable bonds is 4. The number of nitrogens with zero attached hydrogens (tertiary/aromatic N) is 2. The summed E-state index contributed by atoms with van der Waals surface area (Å²) in [6.07, 6.45) is 1.94. The van der Waals surface area contributed by atoms with Crippen LogP contribution in [0, 0.1) is 0 Å². The second kappa shape index (κ2) is 7.06. The zero-order valence-corrected chi connectivity index (χ0v) is 13.4. The second-order valence-electron chi connectivity index (χ2n) is 4.53. The lowest BCUT2D eigenvalue weighted by Gasteiger charge is -2.16. The Bertz CT molecular complexity index is 580. The number of hydrogen-bond acceptors (Lipinski definition) is 4. The average Bonchev–Trinajstić information content (AvgIpc) is 2.95. The summed E-state index contributed by atoms with van der Waals surface area (Å²) in [7, 11) is 0. The zero-order chi connectivity index (χ0) is 15.4. The highest BCUT2D eigenvalue weighted by Gasteiger charge is 2.24. The first kappa shape index (κ1) is 16.0. The van der Waals surface area contributed by atoms with Gasteiger partial charge in [-0.25, -0.2) is 0 Å². The predicted octanol–water partition coefficient (Wildman–Crippen LogP) is 2.67. The van der Waals surface area contributed by atoms with E-state index in [1.807, 2.05) is 0 Å². The van der Waals surface area contributed by atoms with Gasteiger partial charge in [-0.2, -0.15) is 5.10 Å². The molecule has 1 fully saturated rings. The van der Waals surface area contributed by atoms with Gasteiger partial charge in [0, 0.05) is 13.1 Å². The minimum Gasteiger partial charge on any atom is -0.388 e. The Morgan fingerprint density at radius 1 is 1.29 bits per heavy atom. The molecule has 1 aromatic carbocycles. The lowest BCUT2D eigenvalue weighted by atomic mass is 10.3. The molecule has 0 saturated carbocycles. The van der Waals surface area contributed by atoms with Crippen LogP contribution in [0.15, 0.2) is 23.3 Å². The van der Waals surface area contributed by atoms with Gasteiger partial charge in [0.15, 0.2) is 5.71 Å². The maximum Gasteiger partial charge on any atom is 0.277 e. The molecule has 21 heavy (non-hydrogen) atoms. The molecule has 5 nitrogen and oxygen atoms in total. The molecule has 0 atom stereocenters. The Hall–Kier alpha value is -1.37. The van der Waals surface area contributed by atoms with Gasteiger partial charge in [0.05, 0.1) is 15.7 Å². The fourth-order valence-electron chi connectivity index (χ4n) is 1.99. The quantitative estimate of drug-likeness (QED) is 0.500. The van der Waals surface area contributed by atoms with E-state index >= 15 is 0 Å². The number of carbonyl (C=O) groups is 1. The van der Waals surface area contributed by atoms with Crippen LogP contribution in [0.3, 0.4) is 0 Å². The predicted molar refractivity (Wildman–Crippen MR) is 90.1 cm³/mol. The van der Waals surface area contributed by atoms with E-state index in [1.165, 1.54) is 0 Å². The van der Waals surface area contributed by atoms with Gasteiger partial charge >= 0.3 is 0 Å². The third-order valence-corrected chi connectivity index (χ3v) is 3.89. The summed E-state index contributed by atoms with van der Waals surface area (Å²) < 4.78 is 0. The van der Waals surface area contributed by atoms with Crippen LogP contribution in [-0.2, 0) is 4.79 Å². The number of likely N-dealkylation sites (tertiary alicyclic amines) is 1. The Morgan fingerprint density at radius 3 is 2.38 bits per heavy atom. The van der Waals surface area contributed by atoms with Crippen LogP contribution < -0.4 is 11.2 Å². The maximum atomic E-state index is 12.3. The summed E-state index contributed by atoms with van der Waals surface area (Å²) in [6, 6.07) is 5.03. The van der Waals surface area contributed by atoms with Crippen molar-refractivity contribution in [3.05, 3.63) is 28.2 Å². The number of nitrogens with one attached hydrogen (secondary N) is 1. The monoisotopic (exact) mass is 344 g/mol. The normalized spacial score (nSPS) is 15.1. The second-order valence-corrected chi connectivity index (χ2v) is 5.79. The molecule has 1 aromatic rings. The molecule has 2 rings (SSSR count). The molecule has 3 N–H and O–H groups in total. The molecule has 0 unspecified atom stereocenters. The minimum atomic E-state index is -0.282. The fourth-order valence-corrected chi connectivity index (χ4v) is 2.61. The molecule has 1 heterocycles. The summed E-state index contributed by atoms with van der Waals surface area (Å²) in [6.45, 7) is 1.38. The van der Waals surface area contributed by atoms with Crippen molar-refractivity contribution in [3.63, 3.8) is 0 Å². The first-order valence-corrected chi connectivity index (χ1v) is 7.54. The number of halogens is 2. The van der Waals surface area contributed by atoms with E-state index in [1.54, 1.807) is 23.1 Å². The van der Waals surface area contributed by atoms with E-state index < -0.39 is 0 Å². The number of para-hydroxylation sites is 1. The number of carbonyl (C=O) groups excluding carboxylic acids is 1. The first-order chi connectivity index (χ1) is 10.0. The molecular weight excluding hydrogens is 331 g/mol. The highest BCUT2D eigenvalue weighted by atomic mass is 35.5. The Morgan fingerprint density at radius 2 is 1.86 bits per heavy atom. The van der Waals surface area contributed by atoms with Gasteiger partial charge < -0.3 is 10.6 Å². The van der Waals surface area contributed by atoms with Crippen molar-refractivity contribution in [1.29, 1.82) is 0 Å².